The number of rotatable bonds is 3. The monoisotopic (exact) mass is 545 g/mol. The van der Waals surface area contributed by atoms with E-state index in [2.05, 4.69) is 32.5 Å². The van der Waals surface area contributed by atoms with E-state index in [9.17, 15) is 14.0 Å². The van der Waals surface area contributed by atoms with Crippen LogP contribution in [0.3, 0.4) is 0 Å². The standard InChI is InChI=1S/C23H17FIN3O2S/c1-13-10-15(14(2)27(13)17-7-5-6-16(25)12-17)11-18-21(29)26-23(31)28(22(18)30)20-9-4-3-8-19(20)24/h3-12H,1-2H3,(H,26,29,31)/b18-11+. The van der Waals surface area contributed by atoms with Gasteiger partial charge in [-0.15, -0.1) is 0 Å². The van der Waals surface area contributed by atoms with Gasteiger partial charge in [0.2, 0.25) is 0 Å². The van der Waals surface area contributed by atoms with Crippen LogP contribution in [-0.4, -0.2) is 21.5 Å². The minimum Gasteiger partial charge on any atom is -0.318 e. The summed E-state index contributed by atoms with van der Waals surface area (Å²) < 4.78 is 17.5. The van der Waals surface area contributed by atoms with Crippen molar-refractivity contribution in [3.05, 3.63) is 86.5 Å². The second-order valence-corrected chi connectivity index (χ2v) is 8.68. The third-order valence-electron chi connectivity index (χ3n) is 5.03. The van der Waals surface area contributed by atoms with E-state index in [1.54, 1.807) is 6.07 Å². The molecule has 5 nitrogen and oxygen atoms in total. The fourth-order valence-electron chi connectivity index (χ4n) is 3.61. The highest BCUT2D eigenvalue weighted by atomic mass is 127. The molecule has 0 radical (unpaired) electrons. The zero-order valence-corrected chi connectivity index (χ0v) is 19.6. The maximum Gasteiger partial charge on any atom is 0.270 e. The number of aryl methyl sites for hydroxylation is 1. The molecule has 1 fully saturated rings. The number of hydrogen-bond donors (Lipinski definition) is 1. The lowest BCUT2D eigenvalue weighted by Crippen LogP contribution is -2.54. The van der Waals surface area contributed by atoms with Crippen LogP contribution in [-0.2, 0) is 9.59 Å². The molecule has 1 aliphatic rings. The van der Waals surface area contributed by atoms with E-state index >= 15 is 0 Å². The van der Waals surface area contributed by atoms with E-state index in [1.165, 1.54) is 24.3 Å². The van der Waals surface area contributed by atoms with Crippen molar-refractivity contribution in [3.8, 4) is 5.69 Å². The number of nitrogens with zero attached hydrogens (tertiary/aromatic N) is 2. The Balaban J connectivity index is 1.79. The van der Waals surface area contributed by atoms with E-state index in [-0.39, 0.29) is 16.4 Å². The van der Waals surface area contributed by atoms with Gasteiger partial charge in [0.05, 0.1) is 5.69 Å². The van der Waals surface area contributed by atoms with Crippen molar-refractivity contribution in [1.82, 2.24) is 9.88 Å². The molecular formula is C23H17FIN3O2S. The molecule has 8 heteroatoms. The van der Waals surface area contributed by atoms with Crippen LogP contribution in [0, 0.1) is 23.2 Å². The van der Waals surface area contributed by atoms with Crippen LogP contribution in [0.5, 0.6) is 0 Å². The Bertz CT molecular complexity index is 1280. The number of nitrogens with one attached hydrogen (secondary N) is 1. The van der Waals surface area contributed by atoms with Crippen molar-refractivity contribution < 1.29 is 14.0 Å². The van der Waals surface area contributed by atoms with E-state index in [1.807, 2.05) is 44.2 Å². The Morgan fingerprint density at radius 3 is 2.52 bits per heavy atom. The first-order chi connectivity index (χ1) is 14.8. The van der Waals surface area contributed by atoms with Crippen LogP contribution in [0.2, 0.25) is 0 Å². The number of aromatic nitrogens is 1. The van der Waals surface area contributed by atoms with Gasteiger partial charge in [0.15, 0.2) is 5.11 Å². The molecule has 2 amide bonds. The van der Waals surface area contributed by atoms with Gasteiger partial charge >= 0.3 is 0 Å². The smallest absolute Gasteiger partial charge is 0.270 e. The van der Waals surface area contributed by atoms with Gasteiger partial charge in [0, 0.05) is 20.6 Å². The number of carbonyl (C=O) groups is 2. The molecule has 0 saturated carbocycles. The van der Waals surface area contributed by atoms with Crippen LogP contribution >= 0.6 is 34.8 Å². The minimum absolute atomic E-state index is 0.00673. The first kappa shape index (κ1) is 21.4. The van der Waals surface area contributed by atoms with Crippen molar-refractivity contribution in [2.75, 3.05) is 4.90 Å². The van der Waals surface area contributed by atoms with Gasteiger partial charge < -0.3 is 4.57 Å². The van der Waals surface area contributed by atoms with E-state index < -0.39 is 17.6 Å². The molecule has 31 heavy (non-hydrogen) atoms. The molecule has 156 valence electrons. The van der Waals surface area contributed by atoms with Crippen molar-refractivity contribution >= 4 is 63.5 Å². The molecule has 0 unspecified atom stereocenters. The summed E-state index contributed by atoms with van der Waals surface area (Å²) in [6.07, 6.45) is 1.53. The number of anilines is 1. The average molecular weight is 545 g/mol. The molecule has 0 bridgehead atoms. The number of thiocarbonyl (C=S) groups is 1. The first-order valence-electron chi connectivity index (χ1n) is 9.39. The summed E-state index contributed by atoms with van der Waals surface area (Å²) in [5, 5.41) is 2.34. The summed E-state index contributed by atoms with van der Waals surface area (Å²) in [6, 6.07) is 15.7. The maximum absolute atomic E-state index is 14.3. The minimum atomic E-state index is -0.669. The molecule has 0 aliphatic carbocycles. The summed E-state index contributed by atoms with van der Waals surface area (Å²) in [4.78, 5) is 26.7. The largest absolute Gasteiger partial charge is 0.318 e. The van der Waals surface area contributed by atoms with E-state index in [0.29, 0.717) is 0 Å². The Morgan fingerprint density at radius 1 is 1.06 bits per heavy atom. The normalized spacial score (nSPS) is 15.5. The summed E-state index contributed by atoms with van der Waals surface area (Å²) >= 11 is 7.39. The maximum atomic E-state index is 14.3. The molecular weight excluding hydrogens is 528 g/mol. The topological polar surface area (TPSA) is 54.3 Å². The Labute approximate surface area is 197 Å². The Morgan fingerprint density at radius 2 is 1.81 bits per heavy atom. The number of hydrogen-bond acceptors (Lipinski definition) is 3. The molecule has 1 aromatic heterocycles. The summed E-state index contributed by atoms with van der Waals surface area (Å²) in [6.45, 7) is 3.88. The van der Waals surface area contributed by atoms with Gasteiger partial charge in [0.1, 0.15) is 11.4 Å². The predicted molar refractivity (Wildman–Crippen MR) is 131 cm³/mol. The molecule has 1 aliphatic heterocycles. The van der Waals surface area contributed by atoms with Crippen molar-refractivity contribution in [2.45, 2.75) is 13.8 Å². The summed E-state index contributed by atoms with van der Waals surface area (Å²) in [5.41, 5.74) is 3.42. The zero-order valence-electron chi connectivity index (χ0n) is 16.6. The fourth-order valence-corrected chi connectivity index (χ4v) is 4.41. The van der Waals surface area contributed by atoms with Gasteiger partial charge in [-0.05, 0) is 96.7 Å². The summed E-state index contributed by atoms with van der Waals surface area (Å²) in [5.74, 6) is -1.88. The lowest BCUT2D eigenvalue weighted by molar-refractivity contribution is -0.122. The lowest BCUT2D eigenvalue weighted by Gasteiger charge is -2.29. The number of benzene rings is 2. The van der Waals surface area contributed by atoms with Gasteiger partial charge in [-0.3, -0.25) is 14.9 Å². The Hall–Kier alpha value is -2.85. The molecule has 3 aromatic rings. The zero-order chi connectivity index (χ0) is 22.3. The lowest BCUT2D eigenvalue weighted by atomic mass is 10.1. The van der Waals surface area contributed by atoms with E-state index in [4.69, 9.17) is 12.2 Å². The fraction of sp³-hybridized carbons (Fsp3) is 0.0870. The number of amides is 2. The highest BCUT2D eigenvalue weighted by molar-refractivity contribution is 14.1. The molecule has 0 spiro atoms. The number of para-hydroxylation sites is 1. The predicted octanol–water partition coefficient (Wildman–Crippen LogP) is 4.67. The third-order valence-corrected chi connectivity index (χ3v) is 5.99. The van der Waals surface area contributed by atoms with Gasteiger partial charge in [-0.2, -0.15) is 0 Å². The Kier molecular flexibility index (Phi) is 5.76. The second kappa shape index (κ2) is 8.35. The molecule has 4 rings (SSSR count). The van der Waals surface area contributed by atoms with Crippen molar-refractivity contribution in [3.63, 3.8) is 0 Å². The molecule has 1 N–H and O–H groups in total. The number of carbonyl (C=O) groups excluding carboxylic acids is 2. The molecule has 1 saturated heterocycles. The molecule has 2 heterocycles. The second-order valence-electron chi connectivity index (χ2n) is 7.05. The number of halogens is 2. The highest BCUT2D eigenvalue weighted by Crippen LogP contribution is 2.27. The van der Waals surface area contributed by atoms with Crippen LogP contribution in [0.25, 0.3) is 11.8 Å². The van der Waals surface area contributed by atoms with Gasteiger partial charge in [0.25, 0.3) is 11.8 Å². The van der Waals surface area contributed by atoms with Crippen molar-refractivity contribution in [2.24, 2.45) is 0 Å². The van der Waals surface area contributed by atoms with Crippen LogP contribution < -0.4 is 10.2 Å². The first-order valence-corrected chi connectivity index (χ1v) is 10.9. The van der Waals surface area contributed by atoms with Gasteiger partial charge in [-0.1, -0.05) is 18.2 Å². The average Bonchev–Trinajstić information content (AvgIpc) is 2.99. The van der Waals surface area contributed by atoms with Crippen molar-refractivity contribution in [1.29, 1.82) is 0 Å². The molecule has 2 aromatic carbocycles. The summed E-state index contributed by atoms with van der Waals surface area (Å²) in [7, 11) is 0. The van der Waals surface area contributed by atoms with Gasteiger partial charge in [-0.25, -0.2) is 9.29 Å². The van der Waals surface area contributed by atoms with Crippen LogP contribution in [0.4, 0.5) is 10.1 Å². The highest BCUT2D eigenvalue weighted by Gasteiger charge is 2.35. The molecule has 0 atom stereocenters. The quantitative estimate of drug-likeness (QED) is 0.225. The van der Waals surface area contributed by atoms with Crippen LogP contribution in [0.1, 0.15) is 17.0 Å². The van der Waals surface area contributed by atoms with Crippen LogP contribution in [0.15, 0.2) is 60.2 Å². The van der Waals surface area contributed by atoms with E-state index in [0.717, 1.165) is 31.1 Å². The third kappa shape index (κ3) is 3.92. The SMILES string of the molecule is Cc1cc(/C=C2\C(=O)NC(=S)N(c3ccccc3F)C2=O)c(C)n1-c1cccc(I)c1.